The van der Waals surface area contributed by atoms with E-state index in [1.807, 2.05) is 36.5 Å². The van der Waals surface area contributed by atoms with Gasteiger partial charge in [-0.05, 0) is 50.5 Å². The molecular formula is C42H73O11P. The maximum atomic E-state index is 12.6. The van der Waals surface area contributed by atoms with Crippen LogP contribution in [0.1, 0.15) is 156 Å². The van der Waals surface area contributed by atoms with Crippen LogP contribution in [-0.2, 0) is 37.5 Å². The number of carbonyl (C=O) groups excluding carboxylic acids is 3. The van der Waals surface area contributed by atoms with E-state index in [-0.39, 0.29) is 25.2 Å². The topological polar surface area (TPSA) is 166 Å². The van der Waals surface area contributed by atoms with Gasteiger partial charge in [-0.25, -0.2) is 4.57 Å². The second-order valence-electron chi connectivity index (χ2n) is 14.2. The van der Waals surface area contributed by atoms with Gasteiger partial charge < -0.3 is 24.6 Å². The third kappa shape index (κ3) is 36.6. The van der Waals surface area contributed by atoms with Crippen molar-refractivity contribution in [1.29, 1.82) is 0 Å². The number of phosphoric ester groups is 1. The standard InChI is InChI=1S/C42H73O11P/c1-4-5-23-29-38(44)30-25-20-16-12-7-6-8-13-17-21-26-31-41(46)50-35-40(36-52-54(48,49)51-34-39(45)33-43)53-42(47)32-27-22-18-14-10-9-11-15-19-24-28-37(2)3/h6-7,13,16-17,20,25,30,37,39-40,43,45H,4-5,8-12,14-15,18-19,21-24,26-29,31-36H2,1-3H3,(H,48,49)/b7-6-,17-13-,20-16-,30-25+/t39-,40+/m0/s1. The van der Waals surface area contributed by atoms with E-state index in [0.717, 1.165) is 57.3 Å². The van der Waals surface area contributed by atoms with Crippen molar-refractivity contribution in [3.05, 3.63) is 48.6 Å². The molecule has 0 aliphatic heterocycles. The molecule has 11 nitrogen and oxygen atoms in total. The molecule has 54 heavy (non-hydrogen) atoms. The monoisotopic (exact) mass is 784 g/mol. The molecule has 0 rings (SSSR count). The minimum Gasteiger partial charge on any atom is -0.462 e. The Morgan fingerprint density at radius 2 is 1.24 bits per heavy atom. The van der Waals surface area contributed by atoms with Gasteiger partial charge in [-0.2, -0.15) is 0 Å². The Hall–Kier alpha value is -2.40. The fourth-order valence-electron chi connectivity index (χ4n) is 5.18. The Bertz CT molecular complexity index is 1120. The Morgan fingerprint density at radius 3 is 1.89 bits per heavy atom. The lowest BCUT2D eigenvalue weighted by Gasteiger charge is -2.20. The van der Waals surface area contributed by atoms with E-state index in [1.54, 1.807) is 12.2 Å². The maximum absolute atomic E-state index is 12.6. The predicted octanol–water partition coefficient (Wildman–Crippen LogP) is 9.59. The molecule has 0 radical (unpaired) electrons. The maximum Gasteiger partial charge on any atom is 0.472 e. The van der Waals surface area contributed by atoms with Crippen LogP contribution in [0.15, 0.2) is 48.6 Å². The number of aliphatic hydroxyl groups is 2. The lowest BCUT2D eigenvalue weighted by molar-refractivity contribution is -0.161. The van der Waals surface area contributed by atoms with Crippen LogP contribution < -0.4 is 0 Å². The second-order valence-corrected chi connectivity index (χ2v) is 15.6. The van der Waals surface area contributed by atoms with E-state index >= 15 is 0 Å². The highest BCUT2D eigenvalue weighted by atomic mass is 31.2. The lowest BCUT2D eigenvalue weighted by Crippen LogP contribution is -2.29. The van der Waals surface area contributed by atoms with Gasteiger partial charge in [0.2, 0.25) is 0 Å². The summed E-state index contributed by atoms with van der Waals surface area (Å²) < 4.78 is 32.5. The van der Waals surface area contributed by atoms with Crippen molar-refractivity contribution in [2.75, 3.05) is 26.4 Å². The Morgan fingerprint density at radius 1 is 0.667 bits per heavy atom. The van der Waals surface area contributed by atoms with E-state index in [2.05, 4.69) is 25.3 Å². The Balaban J connectivity index is 4.47. The van der Waals surface area contributed by atoms with Crippen LogP contribution in [0.4, 0.5) is 0 Å². The molecular weight excluding hydrogens is 711 g/mol. The molecule has 0 fully saturated rings. The summed E-state index contributed by atoms with van der Waals surface area (Å²) in [6, 6.07) is 0. The highest BCUT2D eigenvalue weighted by Gasteiger charge is 2.27. The second kappa shape index (κ2) is 36.3. The van der Waals surface area contributed by atoms with Crippen LogP contribution in [0.2, 0.25) is 0 Å². The molecule has 3 N–H and O–H groups in total. The van der Waals surface area contributed by atoms with Gasteiger partial charge in [0.1, 0.15) is 12.7 Å². The van der Waals surface area contributed by atoms with Crippen molar-refractivity contribution >= 4 is 25.5 Å². The number of ketones is 1. The number of unbranched alkanes of at least 4 members (excludes halogenated alkanes) is 12. The highest BCUT2D eigenvalue weighted by molar-refractivity contribution is 7.47. The summed E-state index contributed by atoms with van der Waals surface area (Å²) in [6.07, 6.45) is 32.2. The summed E-state index contributed by atoms with van der Waals surface area (Å²) in [5.41, 5.74) is 0. The van der Waals surface area contributed by atoms with Gasteiger partial charge in [0.15, 0.2) is 11.9 Å². The first kappa shape index (κ1) is 51.6. The molecule has 0 aliphatic carbocycles. The van der Waals surface area contributed by atoms with Crippen LogP contribution in [0.5, 0.6) is 0 Å². The van der Waals surface area contributed by atoms with Crippen molar-refractivity contribution in [1.82, 2.24) is 0 Å². The molecule has 0 aromatic heterocycles. The number of aliphatic hydroxyl groups excluding tert-OH is 2. The molecule has 0 saturated carbocycles. The fraction of sp³-hybridized carbons (Fsp3) is 0.738. The number of phosphoric acid groups is 1. The minimum absolute atomic E-state index is 0.139. The lowest BCUT2D eigenvalue weighted by atomic mass is 10.0. The SMILES string of the molecule is CCCCCC(=O)/C=C/C=C\C/C=C\C/C=C\CCCC(=O)OC[C@H](COP(=O)(O)OC[C@@H](O)CO)OC(=O)CCCCCCCCCCCCC(C)C. The van der Waals surface area contributed by atoms with Gasteiger partial charge in [0.05, 0.1) is 19.8 Å². The van der Waals surface area contributed by atoms with Crippen molar-refractivity contribution < 1.29 is 52.6 Å². The first-order valence-electron chi connectivity index (χ1n) is 20.4. The van der Waals surface area contributed by atoms with Crippen molar-refractivity contribution in [2.24, 2.45) is 5.92 Å². The van der Waals surface area contributed by atoms with Crippen molar-refractivity contribution in [3.8, 4) is 0 Å². The van der Waals surface area contributed by atoms with Crippen molar-refractivity contribution in [2.45, 2.75) is 168 Å². The first-order valence-corrected chi connectivity index (χ1v) is 21.9. The van der Waals surface area contributed by atoms with Crippen LogP contribution in [0.3, 0.4) is 0 Å². The first-order chi connectivity index (χ1) is 26.0. The van der Waals surface area contributed by atoms with Gasteiger partial charge in [0.25, 0.3) is 0 Å². The molecule has 312 valence electrons. The average molecular weight is 785 g/mol. The number of esters is 2. The van der Waals surface area contributed by atoms with E-state index in [0.29, 0.717) is 25.7 Å². The Kier molecular flexibility index (Phi) is 34.6. The van der Waals surface area contributed by atoms with Gasteiger partial charge in [0, 0.05) is 19.3 Å². The van der Waals surface area contributed by atoms with Gasteiger partial charge in [-0.15, -0.1) is 0 Å². The molecule has 0 spiro atoms. The van der Waals surface area contributed by atoms with E-state index in [9.17, 15) is 28.9 Å². The summed E-state index contributed by atoms with van der Waals surface area (Å²) >= 11 is 0. The molecule has 1 unspecified atom stereocenters. The number of hydrogen-bond donors (Lipinski definition) is 3. The number of allylic oxidation sites excluding steroid dienone is 8. The molecule has 0 heterocycles. The fourth-order valence-corrected chi connectivity index (χ4v) is 5.97. The number of ether oxygens (including phenoxy) is 2. The minimum atomic E-state index is -4.64. The molecule has 0 bridgehead atoms. The third-order valence-electron chi connectivity index (χ3n) is 8.39. The summed E-state index contributed by atoms with van der Waals surface area (Å²) in [6.45, 7) is 4.42. The molecule has 12 heteroatoms. The summed E-state index contributed by atoms with van der Waals surface area (Å²) in [7, 11) is -4.64. The van der Waals surface area contributed by atoms with E-state index in [1.165, 1.54) is 44.9 Å². The van der Waals surface area contributed by atoms with Gasteiger partial charge in [-0.3, -0.25) is 23.4 Å². The highest BCUT2D eigenvalue weighted by Crippen LogP contribution is 2.43. The van der Waals surface area contributed by atoms with Crippen molar-refractivity contribution in [3.63, 3.8) is 0 Å². The third-order valence-corrected chi connectivity index (χ3v) is 9.34. The van der Waals surface area contributed by atoms with Crippen LogP contribution >= 0.6 is 7.82 Å². The molecule has 0 aromatic rings. The van der Waals surface area contributed by atoms with E-state index < -0.39 is 51.8 Å². The zero-order valence-corrected chi connectivity index (χ0v) is 34.5. The summed E-state index contributed by atoms with van der Waals surface area (Å²) in [5.74, 6) is -0.0920. The average Bonchev–Trinajstić information content (AvgIpc) is 3.14. The largest absolute Gasteiger partial charge is 0.472 e. The molecule has 0 amide bonds. The Labute approximate surface area is 326 Å². The normalized spacial score (nSPS) is 14.4. The molecule has 3 atom stereocenters. The van der Waals surface area contributed by atoms with E-state index in [4.69, 9.17) is 19.1 Å². The number of rotatable bonds is 37. The quantitative estimate of drug-likeness (QED) is 0.0137. The predicted molar refractivity (Wildman–Crippen MR) is 215 cm³/mol. The van der Waals surface area contributed by atoms with Crippen LogP contribution in [0.25, 0.3) is 0 Å². The zero-order chi connectivity index (χ0) is 40.1. The zero-order valence-electron chi connectivity index (χ0n) is 33.6. The molecule has 0 aromatic carbocycles. The smallest absolute Gasteiger partial charge is 0.462 e. The number of hydrogen-bond acceptors (Lipinski definition) is 10. The summed E-state index contributed by atoms with van der Waals surface area (Å²) in [4.78, 5) is 46.6. The van der Waals surface area contributed by atoms with Crippen LogP contribution in [0, 0.1) is 5.92 Å². The van der Waals surface area contributed by atoms with Gasteiger partial charge in [-0.1, -0.05) is 140 Å². The molecule has 0 aliphatic rings. The van der Waals surface area contributed by atoms with Crippen LogP contribution in [-0.4, -0.2) is 71.5 Å². The summed E-state index contributed by atoms with van der Waals surface area (Å²) in [5, 5.41) is 18.3. The number of carbonyl (C=O) groups is 3. The molecule has 0 saturated heterocycles. The van der Waals surface area contributed by atoms with Gasteiger partial charge >= 0.3 is 19.8 Å².